The van der Waals surface area contributed by atoms with Crippen LogP contribution in [0.2, 0.25) is 0 Å². The number of piperidine rings is 1. The van der Waals surface area contributed by atoms with E-state index in [1.165, 1.54) is 11.0 Å². The number of fused-ring (bicyclic) bond motifs is 5. The second kappa shape index (κ2) is 5.19. The van der Waals surface area contributed by atoms with Gasteiger partial charge in [0.2, 0.25) is 0 Å². The van der Waals surface area contributed by atoms with Gasteiger partial charge >= 0.3 is 6.18 Å². The zero-order valence-corrected chi connectivity index (χ0v) is 11.6. The van der Waals surface area contributed by atoms with Crippen LogP contribution < -0.4 is 0 Å². The number of alkyl halides is 3. The molecule has 1 aliphatic heterocycles. The van der Waals surface area contributed by atoms with Crippen molar-refractivity contribution in [3.63, 3.8) is 0 Å². The molecule has 1 saturated carbocycles. The first-order valence-corrected chi connectivity index (χ1v) is 7.11. The molecular formula is C14H15F3N2O3. The molecule has 1 saturated heterocycles. The number of carbonyl (C=O) groups is 1. The SMILES string of the molecule is O=CC(N1CC2CC(C1)C1C=C([N+](=O)[O-])C=CC21)C(F)(F)F. The van der Waals surface area contributed by atoms with Gasteiger partial charge in [0, 0.05) is 19.2 Å². The summed E-state index contributed by atoms with van der Waals surface area (Å²) in [7, 11) is 0. The number of hydrogen-bond donors (Lipinski definition) is 0. The van der Waals surface area contributed by atoms with Crippen LogP contribution in [0.5, 0.6) is 0 Å². The van der Waals surface area contributed by atoms with Gasteiger partial charge in [0.15, 0.2) is 6.04 Å². The lowest BCUT2D eigenvalue weighted by atomic mass is 9.84. The van der Waals surface area contributed by atoms with Crippen molar-refractivity contribution in [2.75, 3.05) is 13.1 Å². The Bertz CT molecular complexity index is 558. The maximum absolute atomic E-state index is 12.9. The van der Waals surface area contributed by atoms with Crippen LogP contribution in [0.15, 0.2) is 23.9 Å². The molecule has 3 rings (SSSR count). The number of aldehydes is 1. The van der Waals surface area contributed by atoms with Crippen molar-refractivity contribution in [2.24, 2.45) is 23.7 Å². The molecule has 1 heterocycles. The molecule has 2 bridgehead atoms. The zero-order valence-electron chi connectivity index (χ0n) is 11.6. The highest BCUT2D eigenvalue weighted by Crippen LogP contribution is 2.49. The van der Waals surface area contributed by atoms with Crippen molar-refractivity contribution in [1.29, 1.82) is 0 Å². The number of rotatable bonds is 3. The summed E-state index contributed by atoms with van der Waals surface area (Å²) >= 11 is 0. The molecule has 0 aromatic carbocycles. The van der Waals surface area contributed by atoms with Gasteiger partial charge in [0.25, 0.3) is 5.70 Å². The standard InChI is InChI=1S/C14H15F3N2O3/c15-14(16,17)13(7-20)18-5-8-3-9(6-18)12-4-10(19(21)22)1-2-11(8)12/h1-2,4,7-9,11-13H,3,5-6H2. The van der Waals surface area contributed by atoms with E-state index in [9.17, 15) is 28.1 Å². The van der Waals surface area contributed by atoms with Crippen LogP contribution in [0.3, 0.4) is 0 Å². The maximum atomic E-state index is 12.9. The molecule has 2 aliphatic carbocycles. The van der Waals surface area contributed by atoms with Gasteiger partial charge in [-0.1, -0.05) is 6.08 Å². The highest BCUT2D eigenvalue weighted by atomic mass is 19.4. The molecule has 5 nitrogen and oxygen atoms in total. The number of nitro groups is 1. The third kappa shape index (κ3) is 2.45. The van der Waals surface area contributed by atoms with Crippen LogP contribution in [0.25, 0.3) is 0 Å². The van der Waals surface area contributed by atoms with Gasteiger partial charge in [-0.15, -0.1) is 0 Å². The van der Waals surface area contributed by atoms with Gasteiger partial charge in [0.05, 0.1) is 4.92 Å². The molecule has 3 aliphatic rings. The van der Waals surface area contributed by atoms with Crippen LogP contribution in [-0.2, 0) is 4.79 Å². The Balaban J connectivity index is 1.83. The molecule has 0 aromatic heterocycles. The predicted octanol–water partition coefficient (Wildman–Crippen LogP) is 2.03. The number of halogens is 3. The van der Waals surface area contributed by atoms with Crippen molar-refractivity contribution >= 4 is 6.29 Å². The van der Waals surface area contributed by atoms with Crippen molar-refractivity contribution < 1.29 is 22.9 Å². The largest absolute Gasteiger partial charge is 0.410 e. The van der Waals surface area contributed by atoms with Crippen molar-refractivity contribution in [1.82, 2.24) is 4.90 Å². The summed E-state index contributed by atoms with van der Waals surface area (Å²) in [6.07, 6.45) is 0.876. The molecule has 22 heavy (non-hydrogen) atoms. The van der Waals surface area contributed by atoms with Crippen LogP contribution in [0.1, 0.15) is 6.42 Å². The lowest BCUT2D eigenvalue weighted by Gasteiger charge is -2.36. The molecule has 8 heteroatoms. The van der Waals surface area contributed by atoms with E-state index in [-0.39, 0.29) is 48.7 Å². The van der Waals surface area contributed by atoms with Crippen molar-refractivity contribution in [3.05, 3.63) is 34.0 Å². The van der Waals surface area contributed by atoms with Gasteiger partial charge in [0.1, 0.15) is 6.29 Å². The zero-order chi connectivity index (χ0) is 16.1. The fourth-order valence-electron chi connectivity index (χ4n) is 4.12. The maximum Gasteiger partial charge on any atom is 0.410 e. The van der Waals surface area contributed by atoms with Crippen LogP contribution in [0, 0.1) is 33.8 Å². The highest BCUT2D eigenvalue weighted by molar-refractivity contribution is 5.59. The van der Waals surface area contributed by atoms with E-state index in [0.29, 0.717) is 0 Å². The summed E-state index contributed by atoms with van der Waals surface area (Å²) in [5.41, 5.74) is 0.00288. The Morgan fingerprint density at radius 1 is 1.32 bits per heavy atom. The minimum atomic E-state index is -4.58. The Morgan fingerprint density at radius 2 is 1.95 bits per heavy atom. The van der Waals surface area contributed by atoms with Crippen molar-refractivity contribution in [3.8, 4) is 0 Å². The van der Waals surface area contributed by atoms with Crippen LogP contribution in [0.4, 0.5) is 13.2 Å². The quantitative estimate of drug-likeness (QED) is 0.454. The predicted molar refractivity (Wildman–Crippen MR) is 70.3 cm³/mol. The van der Waals surface area contributed by atoms with Gasteiger partial charge in [-0.3, -0.25) is 15.0 Å². The molecule has 0 amide bonds. The Kier molecular flexibility index (Phi) is 3.58. The second-order valence-corrected chi connectivity index (χ2v) is 6.19. The molecule has 0 N–H and O–H groups in total. The fraction of sp³-hybridized carbons (Fsp3) is 0.643. The summed E-state index contributed by atoms with van der Waals surface area (Å²) < 4.78 is 38.8. The Labute approximate surface area is 124 Å². The minimum Gasteiger partial charge on any atom is -0.301 e. The van der Waals surface area contributed by atoms with E-state index < -0.39 is 17.1 Å². The molecule has 120 valence electrons. The first kappa shape index (κ1) is 15.2. The number of nitrogens with zero attached hydrogens (tertiary/aromatic N) is 2. The normalized spacial score (nSPS) is 35.7. The van der Waals surface area contributed by atoms with E-state index in [0.717, 1.165) is 6.42 Å². The minimum absolute atomic E-state index is 0.00288. The molecular weight excluding hydrogens is 301 g/mol. The Morgan fingerprint density at radius 3 is 2.50 bits per heavy atom. The molecule has 5 unspecified atom stereocenters. The van der Waals surface area contributed by atoms with Crippen molar-refractivity contribution in [2.45, 2.75) is 18.6 Å². The number of carbonyl (C=O) groups excluding carboxylic acids is 1. The lowest BCUT2D eigenvalue weighted by Crippen LogP contribution is -2.51. The first-order chi connectivity index (χ1) is 10.3. The highest BCUT2D eigenvalue weighted by Gasteiger charge is 2.52. The third-order valence-electron chi connectivity index (χ3n) is 5.00. The summed E-state index contributed by atoms with van der Waals surface area (Å²) in [4.78, 5) is 22.4. The fourth-order valence-corrected chi connectivity index (χ4v) is 4.12. The molecule has 0 aromatic rings. The molecule has 2 fully saturated rings. The van der Waals surface area contributed by atoms with E-state index in [2.05, 4.69) is 0 Å². The van der Waals surface area contributed by atoms with E-state index >= 15 is 0 Å². The summed E-state index contributed by atoms with van der Waals surface area (Å²) in [6, 6.07) is -2.08. The summed E-state index contributed by atoms with van der Waals surface area (Å²) in [5, 5.41) is 10.9. The third-order valence-corrected chi connectivity index (χ3v) is 5.00. The van der Waals surface area contributed by atoms with Crippen LogP contribution >= 0.6 is 0 Å². The molecule has 5 atom stereocenters. The topological polar surface area (TPSA) is 63.5 Å². The second-order valence-electron chi connectivity index (χ2n) is 6.19. The van der Waals surface area contributed by atoms with Gasteiger partial charge in [-0.05, 0) is 36.2 Å². The Hall–Kier alpha value is -1.70. The monoisotopic (exact) mass is 316 g/mol. The smallest absolute Gasteiger partial charge is 0.301 e. The van der Waals surface area contributed by atoms with Gasteiger partial charge < -0.3 is 4.79 Å². The summed E-state index contributed by atoms with van der Waals surface area (Å²) in [6.45, 7) is 0.350. The lowest BCUT2D eigenvalue weighted by molar-refractivity contribution is -0.419. The van der Waals surface area contributed by atoms with Gasteiger partial charge in [-0.2, -0.15) is 13.2 Å². The molecule has 0 radical (unpaired) electrons. The van der Waals surface area contributed by atoms with E-state index in [1.54, 1.807) is 12.2 Å². The number of likely N-dealkylation sites (tertiary alicyclic amines) is 1. The average molecular weight is 316 g/mol. The number of allylic oxidation sites excluding steroid dienone is 3. The average Bonchev–Trinajstić information content (AvgIpc) is 2.69. The number of hydrogen-bond acceptors (Lipinski definition) is 4. The van der Waals surface area contributed by atoms with Gasteiger partial charge in [-0.25, -0.2) is 0 Å². The van der Waals surface area contributed by atoms with E-state index in [1.807, 2.05) is 0 Å². The first-order valence-electron chi connectivity index (χ1n) is 7.11. The van der Waals surface area contributed by atoms with Crippen LogP contribution in [-0.4, -0.2) is 41.4 Å². The van der Waals surface area contributed by atoms with E-state index in [4.69, 9.17) is 0 Å². The summed E-state index contributed by atoms with van der Waals surface area (Å²) in [5.74, 6) is -0.150. The molecule has 0 spiro atoms.